The van der Waals surface area contributed by atoms with Gasteiger partial charge in [-0.3, -0.25) is 0 Å². The average Bonchev–Trinajstić information content (AvgIpc) is 2.48. The van der Waals surface area contributed by atoms with E-state index >= 15 is 0 Å². The van der Waals surface area contributed by atoms with Crippen molar-refractivity contribution < 1.29 is 11.3 Å². The standard InChI is InChI=1S/C15H26GeO3/c1-4-12-17-16(18-13-5-2,19-14-6-3)15-10-8-7-9-11-15/h7-11H,4-6,12-14H2,1-3H3. The molecule has 108 valence electrons. The normalized spacial score (nSPS) is 11.7. The van der Waals surface area contributed by atoms with Gasteiger partial charge in [0.2, 0.25) is 0 Å². The van der Waals surface area contributed by atoms with Crippen LogP contribution in [0.1, 0.15) is 40.0 Å². The summed E-state index contributed by atoms with van der Waals surface area (Å²) in [6.45, 7) is 8.42. The monoisotopic (exact) mass is 328 g/mol. The minimum atomic E-state index is -3.32. The Balaban J connectivity index is 2.94. The van der Waals surface area contributed by atoms with E-state index in [-0.39, 0.29) is 0 Å². The van der Waals surface area contributed by atoms with E-state index in [9.17, 15) is 0 Å². The van der Waals surface area contributed by atoms with Crippen molar-refractivity contribution in [2.24, 2.45) is 0 Å². The molecule has 1 rings (SSSR count). The van der Waals surface area contributed by atoms with Gasteiger partial charge < -0.3 is 0 Å². The van der Waals surface area contributed by atoms with Crippen LogP contribution in [-0.4, -0.2) is 34.1 Å². The van der Waals surface area contributed by atoms with Gasteiger partial charge in [0.1, 0.15) is 0 Å². The van der Waals surface area contributed by atoms with Crippen molar-refractivity contribution in [3.8, 4) is 0 Å². The predicted molar refractivity (Wildman–Crippen MR) is 80.6 cm³/mol. The third-order valence-electron chi connectivity index (χ3n) is 2.62. The SMILES string of the molecule is CCC[O][Ge]([O]CCC)([O]CCC)[c]1ccccc1. The molecule has 0 N–H and O–H groups in total. The van der Waals surface area contributed by atoms with E-state index in [2.05, 4.69) is 32.9 Å². The summed E-state index contributed by atoms with van der Waals surface area (Å²) in [5.41, 5.74) is 0. The number of hydrogen-bond donors (Lipinski definition) is 0. The number of rotatable bonds is 10. The zero-order valence-electron chi connectivity index (χ0n) is 12.4. The molecule has 0 atom stereocenters. The van der Waals surface area contributed by atoms with E-state index in [0.29, 0.717) is 19.8 Å². The van der Waals surface area contributed by atoms with Crippen molar-refractivity contribution >= 4 is 18.7 Å². The molecule has 3 nitrogen and oxygen atoms in total. The fourth-order valence-electron chi connectivity index (χ4n) is 1.73. The molecule has 0 bridgehead atoms. The Hall–Kier alpha value is -0.357. The molecule has 0 amide bonds. The third-order valence-corrected chi connectivity index (χ3v) is 8.48. The van der Waals surface area contributed by atoms with E-state index < -0.39 is 14.3 Å². The van der Waals surface area contributed by atoms with Crippen molar-refractivity contribution in [1.82, 2.24) is 0 Å². The van der Waals surface area contributed by atoms with Crippen molar-refractivity contribution in [3.05, 3.63) is 30.3 Å². The molecule has 0 radical (unpaired) electrons. The molecule has 0 heterocycles. The van der Waals surface area contributed by atoms with Gasteiger partial charge in [-0.2, -0.15) is 0 Å². The first-order valence-corrected chi connectivity index (χ1v) is 10.9. The number of hydrogen-bond acceptors (Lipinski definition) is 3. The quantitative estimate of drug-likeness (QED) is 0.618. The van der Waals surface area contributed by atoms with Gasteiger partial charge in [0, 0.05) is 0 Å². The Morgan fingerprint density at radius 2 is 1.16 bits per heavy atom. The van der Waals surface area contributed by atoms with E-state index in [1.165, 1.54) is 0 Å². The zero-order chi connectivity index (χ0) is 14.0. The molecule has 0 aliphatic heterocycles. The Morgan fingerprint density at radius 1 is 0.737 bits per heavy atom. The second-order valence-corrected chi connectivity index (χ2v) is 9.83. The van der Waals surface area contributed by atoms with E-state index in [1.807, 2.05) is 18.2 Å². The van der Waals surface area contributed by atoms with Gasteiger partial charge in [-0.25, -0.2) is 0 Å². The molecular formula is C15H26GeO3. The summed E-state index contributed by atoms with van der Waals surface area (Å²) in [6.07, 6.45) is 2.93. The summed E-state index contributed by atoms with van der Waals surface area (Å²) in [5, 5.41) is 0. The molecule has 0 aliphatic carbocycles. The molecule has 0 fully saturated rings. The Morgan fingerprint density at radius 3 is 1.53 bits per heavy atom. The van der Waals surface area contributed by atoms with Gasteiger partial charge in [-0.15, -0.1) is 0 Å². The van der Waals surface area contributed by atoms with Gasteiger partial charge >= 0.3 is 120 Å². The molecule has 0 saturated carbocycles. The first kappa shape index (κ1) is 16.7. The van der Waals surface area contributed by atoms with E-state index in [0.717, 1.165) is 23.7 Å². The zero-order valence-corrected chi connectivity index (χ0v) is 14.5. The van der Waals surface area contributed by atoms with Crippen molar-refractivity contribution in [2.45, 2.75) is 40.0 Å². The van der Waals surface area contributed by atoms with Crippen molar-refractivity contribution in [3.63, 3.8) is 0 Å². The molecule has 0 aliphatic rings. The molecule has 0 unspecified atom stereocenters. The van der Waals surface area contributed by atoms with Crippen molar-refractivity contribution in [1.29, 1.82) is 0 Å². The predicted octanol–water partition coefficient (Wildman–Crippen LogP) is 3.11. The fraction of sp³-hybridized carbons (Fsp3) is 0.600. The van der Waals surface area contributed by atoms with Gasteiger partial charge in [0.05, 0.1) is 0 Å². The first-order valence-electron chi connectivity index (χ1n) is 7.26. The van der Waals surface area contributed by atoms with Crippen LogP contribution in [0, 0.1) is 0 Å². The van der Waals surface area contributed by atoms with Gasteiger partial charge in [0.25, 0.3) is 0 Å². The first-order chi connectivity index (χ1) is 9.29. The third kappa shape index (κ3) is 5.26. The Labute approximate surface area is 120 Å². The second kappa shape index (κ2) is 9.53. The van der Waals surface area contributed by atoms with Crippen molar-refractivity contribution in [2.75, 3.05) is 19.8 Å². The molecular weight excluding hydrogens is 301 g/mol. The van der Waals surface area contributed by atoms with Crippen LogP contribution in [0.2, 0.25) is 0 Å². The van der Waals surface area contributed by atoms with E-state index in [4.69, 9.17) is 11.3 Å². The van der Waals surface area contributed by atoms with E-state index in [1.54, 1.807) is 0 Å². The molecule has 4 heteroatoms. The molecule has 19 heavy (non-hydrogen) atoms. The molecule has 0 aromatic heterocycles. The number of benzene rings is 1. The summed E-state index contributed by atoms with van der Waals surface area (Å²) in [4.78, 5) is 0. The topological polar surface area (TPSA) is 27.7 Å². The molecule has 1 aromatic carbocycles. The Kier molecular flexibility index (Phi) is 8.38. The average molecular weight is 327 g/mol. The van der Waals surface area contributed by atoms with Crippen LogP contribution in [0.15, 0.2) is 30.3 Å². The maximum absolute atomic E-state index is 6.11. The Bertz CT molecular complexity index is 308. The fourth-order valence-corrected chi connectivity index (χ4v) is 7.54. The summed E-state index contributed by atoms with van der Waals surface area (Å²) < 4.78 is 19.4. The van der Waals surface area contributed by atoms with Crippen LogP contribution in [0.25, 0.3) is 0 Å². The van der Waals surface area contributed by atoms with Crippen LogP contribution >= 0.6 is 0 Å². The molecule has 0 saturated heterocycles. The van der Waals surface area contributed by atoms with Crippen LogP contribution in [0.4, 0.5) is 0 Å². The van der Waals surface area contributed by atoms with Crippen LogP contribution < -0.4 is 4.40 Å². The molecule has 1 aromatic rings. The maximum atomic E-state index is 6.11. The summed E-state index contributed by atoms with van der Waals surface area (Å²) in [5.74, 6) is 0. The van der Waals surface area contributed by atoms with Gasteiger partial charge in [0.15, 0.2) is 0 Å². The van der Waals surface area contributed by atoms with Crippen LogP contribution in [0.3, 0.4) is 0 Å². The summed E-state index contributed by atoms with van der Waals surface area (Å²) in [7, 11) is 0. The molecule has 0 spiro atoms. The van der Waals surface area contributed by atoms with Crippen LogP contribution in [-0.2, 0) is 11.3 Å². The second-order valence-electron chi connectivity index (χ2n) is 4.47. The van der Waals surface area contributed by atoms with Gasteiger partial charge in [-0.1, -0.05) is 0 Å². The minimum absolute atomic E-state index is 0.697. The van der Waals surface area contributed by atoms with Gasteiger partial charge in [-0.05, 0) is 0 Å². The summed E-state index contributed by atoms with van der Waals surface area (Å²) >= 11 is -3.32. The summed E-state index contributed by atoms with van der Waals surface area (Å²) in [6, 6.07) is 10.2. The van der Waals surface area contributed by atoms with Crippen LogP contribution in [0.5, 0.6) is 0 Å².